The van der Waals surface area contributed by atoms with Crippen LogP contribution in [0.4, 0.5) is 0 Å². The number of allylic oxidation sites excluding steroid dienone is 2. The van der Waals surface area contributed by atoms with Crippen LogP contribution in [0.3, 0.4) is 0 Å². The molecule has 2 N–H and O–H groups in total. The summed E-state index contributed by atoms with van der Waals surface area (Å²) in [5.74, 6) is 2.60. The van der Waals surface area contributed by atoms with E-state index in [1.54, 1.807) is 0 Å². The summed E-state index contributed by atoms with van der Waals surface area (Å²) in [5, 5.41) is 20.5. The molecule has 0 amide bonds. The number of carbonyl (C=O) groups is 6. The number of esters is 4. The van der Waals surface area contributed by atoms with Crippen molar-refractivity contribution >= 4 is 71.8 Å². The molecule has 9 unspecified atom stereocenters. The molecule has 8 aliphatic carbocycles. The number of nitrogens with zero attached hydrogens (tertiary/aromatic N) is 1. The molecule has 79 heavy (non-hydrogen) atoms. The zero-order valence-corrected chi connectivity index (χ0v) is 52.3. The maximum atomic E-state index is 14.3. The summed E-state index contributed by atoms with van der Waals surface area (Å²) in [6.07, 6.45) is 18.8. The number of fused-ring (bicyclic) bond motifs is 10. The van der Waals surface area contributed by atoms with E-state index in [0.29, 0.717) is 60.4 Å². The van der Waals surface area contributed by atoms with E-state index in [1.807, 2.05) is 0 Å². The van der Waals surface area contributed by atoms with Gasteiger partial charge < -0.3 is 33.9 Å². The topological polar surface area (TPSA) is 201 Å². The number of thiol groups is 1. The second kappa shape index (κ2) is 27.5. The van der Waals surface area contributed by atoms with E-state index in [4.69, 9.17) is 28.8 Å². The Hall–Kier alpha value is -2.47. The van der Waals surface area contributed by atoms with Crippen LogP contribution < -0.4 is 0 Å². The number of rotatable bonds is 12. The van der Waals surface area contributed by atoms with Crippen molar-refractivity contribution in [1.29, 1.82) is 0 Å². The number of aliphatic hydroxyl groups excluding tert-OH is 2. The zero-order valence-electron chi connectivity index (χ0n) is 49.8. The predicted octanol–water partition coefficient (Wildman–Crippen LogP) is 11.4. The molecule has 14 nitrogen and oxygen atoms in total. The minimum atomic E-state index is -0.621. The van der Waals surface area contributed by atoms with E-state index in [0.717, 1.165) is 103 Å². The van der Waals surface area contributed by atoms with Gasteiger partial charge in [-0.1, -0.05) is 83.5 Å². The van der Waals surface area contributed by atoms with Crippen molar-refractivity contribution in [2.24, 2.45) is 109 Å². The third kappa shape index (κ3) is 13.1. The number of hydrogen-bond acceptors (Lipinski definition) is 15. The van der Waals surface area contributed by atoms with Gasteiger partial charge in [-0.15, -0.1) is 0 Å². The predicted molar refractivity (Wildman–Crippen MR) is 309 cm³/mol. The van der Waals surface area contributed by atoms with E-state index in [-0.39, 0.29) is 116 Å². The molecule has 9 aliphatic rings. The van der Waals surface area contributed by atoms with Gasteiger partial charge in [-0.2, -0.15) is 0 Å². The number of methoxy groups -OCH3 is 2. The summed E-state index contributed by atoms with van der Waals surface area (Å²) in [4.78, 5) is 75.2. The van der Waals surface area contributed by atoms with E-state index in [9.17, 15) is 33.9 Å². The number of Topliss-reactive ketones (excluding diaryl/α,β-unsaturated/α-hetero) is 2. The third-order valence-corrected chi connectivity index (χ3v) is 24.4. The first-order valence-corrected chi connectivity index (χ1v) is 31.5. The van der Waals surface area contributed by atoms with Gasteiger partial charge in [0.1, 0.15) is 23.8 Å². The molecule has 23 atom stereocenters. The molecular formula is C62H98BBrNO13S. The Balaban J connectivity index is 0.000000221. The Morgan fingerprint density at radius 3 is 1.70 bits per heavy atom. The summed E-state index contributed by atoms with van der Waals surface area (Å²) >= 11 is 7.19. The van der Waals surface area contributed by atoms with Gasteiger partial charge in [0.05, 0.1) is 20.3 Å². The molecule has 0 spiro atoms. The van der Waals surface area contributed by atoms with E-state index in [2.05, 4.69) is 108 Å². The molecule has 0 bridgehead atoms. The average molecular weight is 1190 g/mol. The molecular weight excluding hydrogens is 1090 g/mol. The minimum absolute atomic E-state index is 0.00277. The second-order valence-corrected chi connectivity index (χ2v) is 27.7. The Kier molecular flexibility index (Phi) is 22.9. The molecule has 0 aromatic rings. The van der Waals surface area contributed by atoms with Gasteiger partial charge in [-0.3, -0.25) is 28.8 Å². The molecule has 1 saturated heterocycles. The number of aliphatic hydroxyl groups is 2. The van der Waals surface area contributed by atoms with Crippen LogP contribution in [0.5, 0.6) is 0 Å². The zero-order chi connectivity index (χ0) is 58.5. The van der Waals surface area contributed by atoms with Gasteiger partial charge in [0, 0.05) is 74.1 Å². The van der Waals surface area contributed by atoms with Gasteiger partial charge in [0.15, 0.2) is 6.29 Å². The molecule has 9 rings (SSSR count). The van der Waals surface area contributed by atoms with E-state index < -0.39 is 12.4 Å². The molecule has 0 aromatic carbocycles. The number of ether oxygens (including phenoxy) is 5. The first-order chi connectivity index (χ1) is 37.3. The molecule has 1 heterocycles. The van der Waals surface area contributed by atoms with Crippen LogP contribution in [0, 0.1) is 105 Å². The Labute approximate surface area is 488 Å². The van der Waals surface area contributed by atoms with E-state index in [1.165, 1.54) is 28.1 Å². The van der Waals surface area contributed by atoms with E-state index >= 15 is 0 Å². The van der Waals surface area contributed by atoms with Crippen molar-refractivity contribution in [2.45, 2.75) is 214 Å². The van der Waals surface area contributed by atoms with Crippen LogP contribution in [0.25, 0.3) is 0 Å². The SMILES string of the molecule is CC[C@H]1C(=O)C2C3CC[C@H]([C@H](C)CCC(=O)OC)[C@@]3(C)C(Br)C(O)C2[C@@]2(C)CC[C@@H](OC(C)=O)C[C@@H]12.CC[C@H]1C(=O)C2C3CC[C@H]([C@H](C)CCC(=O)OC)[C@@]3(C)C=CC2[C@@]2(C)CC[C@@H](OC(C)=O)C[C@@H]12.OC1CCCO1.[B]=NS. The Bertz CT molecular complexity index is 2200. The van der Waals surface area contributed by atoms with Gasteiger partial charge in [0.25, 0.3) is 0 Å². The van der Waals surface area contributed by atoms with Gasteiger partial charge >= 0.3 is 48.6 Å². The number of hydrogen-bond donors (Lipinski definition) is 3. The van der Waals surface area contributed by atoms with Crippen molar-refractivity contribution in [3.8, 4) is 0 Å². The summed E-state index contributed by atoms with van der Waals surface area (Å²) in [6.45, 7) is 21.8. The quantitative estimate of drug-likeness (QED) is 0.0416. The molecule has 8 fully saturated rings. The van der Waals surface area contributed by atoms with Gasteiger partial charge in [0.2, 0.25) is 0 Å². The fraction of sp³-hybridized carbons (Fsp3) is 0.871. The number of halogens is 1. The Morgan fingerprint density at radius 2 is 1.23 bits per heavy atom. The molecule has 0 aromatic heterocycles. The molecule has 17 heteroatoms. The molecule has 445 valence electrons. The van der Waals surface area contributed by atoms with Crippen molar-refractivity contribution in [3.05, 3.63) is 12.2 Å². The van der Waals surface area contributed by atoms with Crippen molar-refractivity contribution in [3.63, 3.8) is 0 Å². The molecule has 1 aliphatic heterocycles. The summed E-state index contributed by atoms with van der Waals surface area (Å²) in [6, 6.07) is 0. The molecule has 7 saturated carbocycles. The molecule has 1 radical (unpaired) electrons. The summed E-state index contributed by atoms with van der Waals surface area (Å²) < 4.78 is 28.4. The maximum absolute atomic E-state index is 14.3. The number of alkyl halides is 1. The summed E-state index contributed by atoms with van der Waals surface area (Å²) in [7, 11) is 7.22. The van der Waals surface area contributed by atoms with Crippen molar-refractivity contribution in [1.82, 2.24) is 0 Å². The second-order valence-electron chi connectivity index (χ2n) is 26.5. The first-order valence-electron chi connectivity index (χ1n) is 30.2. The van der Waals surface area contributed by atoms with Crippen molar-refractivity contribution < 1.29 is 62.7 Å². The normalized spacial score (nSPS) is 43.0. The van der Waals surface area contributed by atoms with Gasteiger partial charge in [-0.05, 0) is 171 Å². The number of ketones is 2. The van der Waals surface area contributed by atoms with Crippen LogP contribution in [0.2, 0.25) is 0 Å². The standard InChI is InChI=1S/C29H45BrO6.C29H44O5.C4H8O2.BHNS/c1-7-18-21-14-17(36-16(3)31)12-13-28(21,4)24-23(25(18)33)20-10-9-19(15(2)8-11-22(32)35-6)29(20,5)27(30)26(24)34;1-7-20-24-16-19(34-18(3)30)12-14-29(24,5)23-13-15-28(4)21(17(2)8-11-25(31)33-6)9-10-22(28)26(23)27(20)32;5-4-2-1-3-6-4;1-2-3/h15,17-21,23-24,26-27,34H,7-14H2,1-6H3;13,15,17,19-24,26H,7-12,14,16H2,1-6H3;4-5H,1-3H2;3H/t15-,17-,18-,19-,20?,21+,23?,24?,26?,27?,28+,29-;17-,19-,20-,21-,22?,23?,24+,26?,28-,29-;;/m11../s1. The van der Waals surface area contributed by atoms with Crippen LogP contribution in [-0.4, -0.2) is 104 Å². The fourth-order valence-corrected chi connectivity index (χ4v) is 20.1. The van der Waals surface area contributed by atoms with Crippen LogP contribution in [0.1, 0.15) is 185 Å². The fourth-order valence-electron chi connectivity index (χ4n) is 19.1. The van der Waals surface area contributed by atoms with Crippen LogP contribution in [-0.2, 0) is 52.5 Å². The first kappa shape index (κ1) is 65.7. The monoisotopic (exact) mass is 1190 g/mol. The van der Waals surface area contributed by atoms with Crippen LogP contribution >= 0.6 is 28.7 Å². The van der Waals surface area contributed by atoms with Gasteiger partial charge in [-0.25, -0.2) is 0 Å². The summed E-state index contributed by atoms with van der Waals surface area (Å²) in [5.41, 5.74) is -0.315. The third-order valence-electron chi connectivity index (χ3n) is 22.8. The Morgan fingerprint density at radius 1 is 0.747 bits per heavy atom. The van der Waals surface area contributed by atoms with Crippen molar-refractivity contribution in [2.75, 3.05) is 20.8 Å². The average Bonchev–Trinajstić information content (AvgIpc) is 4.18. The van der Waals surface area contributed by atoms with Crippen LogP contribution in [0.15, 0.2) is 16.5 Å². The number of carbonyl (C=O) groups excluding carboxylic acids is 6.